The van der Waals surface area contributed by atoms with Crippen LogP contribution >= 0.6 is 0 Å². The fourth-order valence-electron chi connectivity index (χ4n) is 1.90. The van der Waals surface area contributed by atoms with Gasteiger partial charge in [0, 0.05) is 0 Å². The van der Waals surface area contributed by atoms with E-state index in [0.29, 0.717) is 10.0 Å². The summed E-state index contributed by atoms with van der Waals surface area (Å²) in [7, 11) is 0. The van der Waals surface area contributed by atoms with Crippen molar-refractivity contribution in [1.82, 2.24) is 0 Å². The van der Waals surface area contributed by atoms with E-state index in [1.807, 2.05) is 44.2 Å². The van der Waals surface area contributed by atoms with E-state index in [2.05, 4.69) is 0 Å². The molecule has 2 aromatic rings. The summed E-state index contributed by atoms with van der Waals surface area (Å²) in [6.07, 6.45) is 0. The number of alkyl halides is 3. The van der Waals surface area contributed by atoms with Crippen molar-refractivity contribution in [2.75, 3.05) is 0 Å². The van der Waals surface area contributed by atoms with Crippen LogP contribution in [0.15, 0.2) is 42.5 Å². The van der Waals surface area contributed by atoms with Gasteiger partial charge in [0.2, 0.25) is 0 Å². The summed E-state index contributed by atoms with van der Waals surface area (Å²) >= 11 is -1.51. The molecule has 0 aliphatic rings. The maximum absolute atomic E-state index is 12.6. The average molecular weight is 329 g/mol. The summed E-state index contributed by atoms with van der Waals surface area (Å²) < 4.78 is 38.3. The molecule has 0 aromatic heterocycles. The first-order valence-electron chi connectivity index (χ1n) is 5.78. The number of hydrogen-bond acceptors (Lipinski definition) is 0. The SMILES string of the molecule is Cc1cccc(-c2cc(C)ccc2[Se]C(F)(F)F)c1. The van der Waals surface area contributed by atoms with E-state index in [1.165, 1.54) is 0 Å². The Morgan fingerprint density at radius 2 is 1.58 bits per heavy atom. The third kappa shape index (κ3) is 3.85. The Labute approximate surface area is 116 Å². The van der Waals surface area contributed by atoms with Crippen LogP contribution in [0.2, 0.25) is 0 Å². The van der Waals surface area contributed by atoms with E-state index in [0.717, 1.165) is 16.7 Å². The van der Waals surface area contributed by atoms with Crippen LogP contribution in [0.4, 0.5) is 13.2 Å². The van der Waals surface area contributed by atoms with Crippen LogP contribution in [0.3, 0.4) is 0 Å². The standard InChI is InChI=1S/C15H13F3Se/c1-10-4-3-5-12(8-10)13-9-11(2)6-7-14(13)19-15(16,17)18/h3-9H,1-2H3. The topological polar surface area (TPSA) is 0 Å². The van der Waals surface area contributed by atoms with E-state index >= 15 is 0 Å². The maximum atomic E-state index is 12.6. The monoisotopic (exact) mass is 330 g/mol. The van der Waals surface area contributed by atoms with Crippen molar-refractivity contribution in [3.63, 3.8) is 0 Å². The molecule has 100 valence electrons. The molecule has 0 saturated carbocycles. The van der Waals surface area contributed by atoms with Crippen molar-refractivity contribution >= 4 is 19.4 Å². The van der Waals surface area contributed by atoms with Crippen LogP contribution in [0.1, 0.15) is 11.1 Å². The van der Waals surface area contributed by atoms with Gasteiger partial charge in [-0.3, -0.25) is 0 Å². The molecule has 0 unspecified atom stereocenters. The molecule has 0 nitrogen and oxygen atoms in total. The Bertz CT molecular complexity index is 588. The van der Waals surface area contributed by atoms with Crippen molar-refractivity contribution < 1.29 is 13.2 Å². The van der Waals surface area contributed by atoms with Gasteiger partial charge in [0.05, 0.1) is 0 Å². The van der Waals surface area contributed by atoms with Crippen LogP contribution < -0.4 is 4.46 Å². The van der Waals surface area contributed by atoms with Crippen LogP contribution in [-0.2, 0) is 0 Å². The van der Waals surface area contributed by atoms with Crippen LogP contribution in [0.5, 0.6) is 0 Å². The Morgan fingerprint density at radius 3 is 2.21 bits per heavy atom. The molecule has 0 aliphatic heterocycles. The Kier molecular flexibility index (Phi) is 4.02. The predicted octanol–water partition coefficient (Wildman–Crippen LogP) is 3.82. The zero-order chi connectivity index (χ0) is 14.0. The number of rotatable bonds is 2. The third-order valence-corrected chi connectivity index (χ3v) is 4.38. The summed E-state index contributed by atoms with van der Waals surface area (Å²) in [4.78, 5) is 0. The molecule has 4 heteroatoms. The minimum atomic E-state index is -4.12. The van der Waals surface area contributed by atoms with Crippen LogP contribution in [-0.4, -0.2) is 20.0 Å². The molecule has 0 spiro atoms. The molecule has 0 saturated heterocycles. The van der Waals surface area contributed by atoms with Gasteiger partial charge in [-0.15, -0.1) is 0 Å². The van der Waals surface area contributed by atoms with Gasteiger partial charge in [0.15, 0.2) is 0 Å². The third-order valence-electron chi connectivity index (χ3n) is 2.69. The molecule has 0 fully saturated rings. The number of aryl methyl sites for hydroxylation is 2. The first-order valence-corrected chi connectivity index (χ1v) is 7.50. The normalized spacial score (nSPS) is 11.6. The number of benzene rings is 2. The zero-order valence-electron chi connectivity index (χ0n) is 10.6. The molecule has 2 rings (SSSR count). The van der Waals surface area contributed by atoms with Gasteiger partial charge in [-0.05, 0) is 0 Å². The second-order valence-electron chi connectivity index (χ2n) is 4.42. The number of hydrogen-bond donors (Lipinski definition) is 0. The molecule has 19 heavy (non-hydrogen) atoms. The number of halogens is 3. The van der Waals surface area contributed by atoms with Crippen LogP contribution in [0.25, 0.3) is 11.1 Å². The molecule has 0 aliphatic carbocycles. The predicted molar refractivity (Wildman–Crippen MR) is 72.8 cm³/mol. The zero-order valence-corrected chi connectivity index (χ0v) is 12.3. The molecular formula is C15H13F3Se. The van der Waals surface area contributed by atoms with Crippen molar-refractivity contribution in [3.8, 4) is 11.1 Å². The van der Waals surface area contributed by atoms with E-state index in [9.17, 15) is 13.2 Å². The molecule has 2 aromatic carbocycles. The molecular weight excluding hydrogens is 316 g/mol. The van der Waals surface area contributed by atoms with Crippen molar-refractivity contribution in [1.29, 1.82) is 0 Å². The molecule has 0 bridgehead atoms. The first kappa shape index (κ1) is 14.2. The Hall–Kier alpha value is -1.25. The molecule has 0 atom stereocenters. The quantitative estimate of drug-likeness (QED) is 0.735. The second kappa shape index (κ2) is 5.40. The van der Waals surface area contributed by atoms with Gasteiger partial charge in [0.25, 0.3) is 0 Å². The molecule has 0 radical (unpaired) electrons. The fraction of sp³-hybridized carbons (Fsp3) is 0.200. The van der Waals surface area contributed by atoms with E-state index in [-0.39, 0.29) is 0 Å². The molecule has 0 heterocycles. The minimum absolute atomic E-state index is 0.385. The molecule has 0 N–H and O–H groups in total. The summed E-state index contributed by atoms with van der Waals surface area (Å²) in [6.45, 7) is 3.83. The Balaban J connectivity index is 2.51. The fourth-order valence-corrected chi connectivity index (χ4v) is 3.31. The summed E-state index contributed by atoms with van der Waals surface area (Å²) in [5.41, 5.74) is 3.56. The van der Waals surface area contributed by atoms with Gasteiger partial charge in [-0.2, -0.15) is 0 Å². The average Bonchev–Trinajstić information content (AvgIpc) is 2.30. The van der Waals surface area contributed by atoms with Gasteiger partial charge in [-0.25, -0.2) is 0 Å². The van der Waals surface area contributed by atoms with Crippen molar-refractivity contribution in [3.05, 3.63) is 53.6 Å². The van der Waals surface area contributed by atoms with E-state index in [4.69, 9.17) is 0 Å². The van der Waals surface area contributed by atoms with Crippen molar-refractivity contribution in [2.45, 2.75) is 18.9 Å². The van der Waals surface area contributed by atoms with Gasteiger partial charge in [-0.1, -0.05) is 0 Å². The van der Waals surface area contributed by atoms with E-state index < -0.39 is 20.0 Å². The Morgan fingerprint density at radius 1 is 0.895 bits per heavy atom. The van der Waals surface area contributed by atoms with Gasteiger partial charge >= 0.3 is 116 Å². The summed E-state index contributed by atoms with van der Waals surface area (Å²) in [5, 5.41) is -4.12. The van der Waals surface area contributed by atoms with Crippen molar-refractivity contribution in [2.24, 2.45) is 0 Å². The van der Waals surface area contributed by atoms with Gasteiger partial charge in [0.1, 0.15) is 0 Å². The van der Waals surface area contributed by atoms with Gasteiger partial charge < -0.3 is 0 Å². The summed E-state index contributed by atoms with van der Waals surface area (Å²) in [6, 6.07) is 12.8. The van der Waals surface area contributed by atoms with Crippen LogP contribution in [0, 0.1) is 13.8 Å². The van der Waals surface area contributed by atoms with E-state index in [1.54, 1.807) is 12.1 Å². The first-order chi connectivity index (χ1) is 8.85. The second-order valence-corrected chi connectivity index (χ2v) is 6.74. The molecule has 0 amide bonds. The summed E-state index contributed by atoms with van der Waals surface area (Å²) in [5.74, 6) is 0.